The average molecular weight is 278 g/mol. The summed E-state index contributed by atoms with van der Waals surface area (Å²) < 4.78 is 0. The number of pyridine rings is 1. The van der Waals surface area contributed by atoms with Crippen LogP contribution in [0.1, 0.15) is 22.6 Å². The fourth-order valence-corrected chi connectivity index (χ4v) is 2.59. The van der Waals surface area contributed by atoms with Gasteiger partial charge in [0.2, 0.25) is 0 Å². The molecule has 0 saturated heterocycles. The highest BCUT2D eigenvalue weighted by molar-refractivity contribution is 5.82. The maximum atomic E-state index is 4.61. The van der Waals surface area contributed by atoms with E-state index < -0.39 is 0 Å². The van der Waals surface area contributed by atoms with Crippen molar-refractivity contribution in [2.24, 2.45) is 0 Å². The maximum absolute atomic E-state index is 4.61. The van der Waals surface area contributed by atoms with E-state index in [0.29, 0.717) is 0 Å². The number of fused-ring (bicyclic) bond motifs is 1. The molecule has 3 rings (SSSR count). The highest BCUT2D eigenvalue weighted by Crippen LogP contribution is 2.22. The van der Waals surface area contributed by atoms with Crippen LogP contribution in [-0.4, -0.2) is 22.0 Å². The molecule has 0 aliphatic carbocycles. The van der Waals surface area contributed by atoms with E-state index in [2.05, 4.69) is 39.3 Å². The number of anilines is 1. The topological polar surface area (TPSA) is 50.7 Å². The Morgan fingerprint density at radius 1 is 1.05 bits per heavy atom. The second-order valence-electron chi connectivity index (χ2n) is 5.11. The van der Waals surface area contributed by atoms with E-state index >= 15 is 0 Å². The van der Waals surface area contributed by atoms with Crippen LogP contribution in [0.5, 0.6) is 0 Å². The van der Waals surface area contributed by atoms with Gasteiger partial charge in [0.25, 0.3) is 0 Å². The highest BCUT2D eigenvalue weighted by Gasteiger charge is 2.10. The Bertz CT molecular complexity index is 791. The molecular weight excluding hydrogens is 260 g/mol. The maximum Gasteiger partial charge on any atom is 0.132 e. The molecule has 0 aliphatic rings. The standard InChI is InChI=1S/C17H18N4/c1-11-16(20-12(2)21-17(11)18-3)10-13-8-9-19-15-7-5-4-6-14(13)15/h4-9H,10H2,1-3H3,(H,18,20,21). The molecule has 21 heavy (non-hydrogen) atoms. The first-order valence-corrected chi connectivity index (χ1v) is 7.03. The number of nitrogens with zero attached hydrogens (tertiary/aromatic N) is 3. The minimum atomic E-state index is 0.785. The number of nitrogens with one attached hydrogen (secondary N) is 1. The van der Waals surface area contributed by atoms with Gasteiger partial charge in [0.05, 0.1) is 11.2 Å². The summed E-state index contributed by atoms with van der Waals surface area (Å²) in [5.74, 6) is 1.69. The molecule has 0 saturated carbocycles. The van der Waals surface area contributed by atoms with Gasteiger partial charge in [0.1, 0.15) is 11.6 Å². The summed E-state index contributed by atoms with van der Waals surface area (Å²) >= 11 is 0. The fraction of sp³-hybridized carbons (Fsp3) is 0.235. The van der Waals surface area contributed by atoms with Crippen molar-refractivity contribution >= 4 is 16.7 Å². The van der Waals surface area contributed by atoms with E-state index in [4.69, 9.17) is 0 Å². The van der Waals surface area contributed by atoms with Gasteiger partial charge in [-0.3, -0.25) is 4.98 Å². The average Bonchev–Trinajstić information content (AvgIpc) is 2.51. The molecule has 3 aromatic rings. The summed E-state index contributed by atoms with van der Waals surface area (Å²) in [6.45, 7) is 3.98. The molecule has 1 aromatic carbocycles. The molecule has 0 amide bonds. The Morgan fingerprint density at radius 3 is 2.67 bits per heavy atom. The smallest absolute Gasteiger partial charge is 0.132 e. The van der Waals surface area contributed by atoms with Crippen molar-refractivity contribution in [1.82, 2.24) is 15.0 Å². The number of hydrogen-bond donors (Lipinski definition) is 1. The Kier molecular flexibility index (Phi) is 3.52. The van der Waals surface area contributed by atoms with Gasteiger partial charge in [-0.1, -0.05) is 18.2 Å². The van der Waals surface area contributed by atoms with Gasteiger partial charge < -0.3 is 5.32 Å². The van der Waals surface area contributed by atoms with Crippen molar-refractivity contribution < 1.29 is 0 Å². The first-order valence-electron chi connectivity index (χ1n) is 7.03. The van der Waals surface area contributed by atoms with Crippen molar-refractivity contribution in [1.29, 1.82) is 0 Å². The summed E-state index contributed by atoms with van der Waals surface area (Å²) in [4.78, 5) is 13.4. The van der Waals surface area contributed by atoms with Crippen LogP contribution in [0.15, 0.2) is 36.5 Å². The number of benzene rings is 1. The molecule has 2 aromatic heterocycles. The van der Waals surface area contributed by atoms with Gasteiger partial charge in [-0.2, -0.15) is 0 Å². The normalized spacial score (nSPS) is 10.8. The minimum Gasteiger partial charge on any atom is -0.373 e. The summed E-state index contributed by atoms with van der Waals surface area (Å²) in [6.07, 6.45) is 2.65. The summed E-state index contributed by atoms with van der Waals surface area (Å²) in [5.41, 5.74) is 4.42. The molecule has 0 radical (unpaired) electrons. The van der Waals surface area contributed by atoms with E-state index in [-0.39, 0.29) is 0 Å². The molecule has 0 spiro atoms. The zero-order chi connectivity index (χ0) is 14.8. The molecule has 0 aliphatic heterocycles. The second-order valence-corrected chi connectivity index (χ2v) is 5.11. The first-order chi connectivity index (χ1) is 10.2. The molecule has 0 fully saturated rings. The summed E-state index contributed by atoms with van der Waals surface area (Å²) in [6, 6.07) is 10.3. The Hall–Kier alpha value is -2.49. The van der Waals surface area contributed by atoms with E-state index in [1.54, 1.807) is 0 Å². The fourth-order valence-electron chi connectivity index (χ4n) is 2.59. The zero-order valence-electron chi connectivity index (χ0n) is 12.5. The molecule has 2 heterocycles. The van der Waals surface area contributed by atoms with Crippen LogP contribution >= 0.6 is 0 Å². The molecular formula is C17H18N4. The number of hydrogen-bond acceptors (Lipinski definition) is 4. The lowest BCUT2D eigenvalue weighted by Crippen LogP contribution is -2.06. The highest BCUT2D eigenvalue weighted by atomic mass is 15.0. The van der Waals surface area contributed by atoms with Gasteiger partial charge >= 0.3 is 0 Å². The second kappa shape index (κ2) is 5.48. The van der Waals surface area contributed by atoms with Crippen molar-refractivity contribution in [2.75, 3.05) is 12.4 Å². The molecule has 0 bridgehead atoms. The monoisotopic (exact) mass is 278 g/mol. The van der Waals surface area contributed by atoms with Gasteiger partial charge in [-0.05, 0) is 31.5 Å². The molecule has 4 heteroatoms. The van der Waals surface area contributed by atoms with Crippen molar-refractivity contribution in [3.05, 3.63) is 59.2 Å². The number of rotatable bonds is 3. The molecule has 4 nitrogen and oxygen atoms in total. The zero-order valence-corrected chi connectivity index (χ0v) is 12.5. The minimum absolute atomic E-state index is 0.785. The SMILES string of the molecule is CNc1nc(C)nc(Cc2ccnc3ccccc23)c1C. The third kappa shape index (κ3) is 2.57. The molecule has 1 N–H and O–H groups in total. The van der Waals surface area contributed by atoms with Crippen LogP contribution < -0.4 is 5.32 Å². The largest absolute Gasteiger partial charge is 0.373 e. The number of aromatic nitrogens is 3. The van der Waals surface area contributed by atoms with Crippen LogP contribution in [0, 0.1) is 13.8 Å². The van der Waals surface area contributed by atoms with Crippen LogP contribution in [0.3, 0.4) is 0 Å². The van der Waals surface area contributed by atoms with E-state index in [1.807, 2.05) is 38.4 Å². The van der Waals surface area contributed by atoms with Gasteiger partial charge in [-0.15, -0.1) is 0 Å². The predicted molar refractivity (Wildman–Crippen MR) is 85.6 cm³/mol. The van der Waals surface area contributed by atoms with Gasteiger partial charge in [0, 0.05) is 30.6 Å². The first kappa shape index (κ1) is 13.5. The number of para-hydroxylation sites is 1. The van der Waals surface area contributed by atoms with E-state index in [0.717, 1.165) is 34.8 Å². The van der Waals surface area contributed by atoms with Gasteiger partial charge in [0.15, 0.2) is 0 Å². The third-order valence-electron chi connectivity index (χ3n) is 3.69. The van der Waals surface area contributed by atoms with Crippen molar-refractivity contribution in [3.8, 4) is 0 Å². The van der Waals surface area contributed by atoms with Crippen LogP contribution in [-0.2, 0) is 6.42 Å². The van der Waals surface area contributed by atoms with Crippen molar-refractivity contribution in [3.63, 3.8) is 0 Å². The third-order valence-corrected chi connectivity index (χ3v) is 3.69. The Labute approximate surface area is 124 Å². The Morgan fingerprint density at radius 2 is 1.86 bits per heavy atom. The molecule has 0 atom stereocenters. The number of aryl methyl sites for hydroxylation is 1. The predicted octanol–water partition coefficient (Wildman–Crippen LogP) is 3.27. The van der Waals surface area contributed by atoms with Crippen LogP contribution in [0.2, 0.25) is 0 Å². The van der Waals surface area contributed by atoms with Crippen molar-refractivity contribution in [2.45, 2.75) is 20.3 Å². The lowest BCUT2D eigenvalue weighted by atomic mass is 10.0. The lowest BCUT2D eigenvalue weighted by Gasteiger charge is -2.12. The Balaban J connectivity index is 2.09. The lowest BCUT2D eigenvalue weighted by molar-refractivity contribution is 0.948. The van der Waals surface area contributed by atoms with E-state index in [9.17, 15) is 0 Å². The molecule has 0 unspecified atom stereocenters. The summed E-state index contributed by atoms with van der Waals surface area (Å²) in [7, 11) is 1.89. The van der Waals surface area contributed by atoms with E-state index in [1.165, 1.54) is 10.9 Å². The van der Waals surface area contributed by atoms with Crippen LogP contribution in [0.4, 0.5) is 5.82 Å². The van der Waals surface area contributed by atoms with Crippen LogP contribution in [0.25, 0.3) is 10.9 Å². The quantitative estimate of drug-likeness (QED) is 0.799. The summed E-state index contributed by atoms with van der Waals surface area (Å²) in [5, 5.41) is 4.32. The van der Waals surface area contributed by atoms with Gasteiger partial charge in [-0.25, -0.2) is 9.97 Å². The molecule has 106 valence electrons.